The van der Waals surface area contributed by atoms with Crippen LogP contribution < -0.4 is 25.0 Å². The third kappa shape index (κ3) is 5.53. The summed E-state index contributed by atoms with van der Waals surface area (Å²) in [7, 11) is 0. The van der Waals surface area contributed by atoms with Crippen molar-refractivity contribution in [3.63, 3.8) is 0 Å². The van der Waals surface area contributed by atoms with Gasteiger partial charge < -0.3 is 20.1 Å². The first kappa shape index (κ1) is 22.1. The molecule has 2 aromatic carbocycles. The van der Waals surface area contributed by atoms with Gasteiger partial charge in [0.1, 0.15) is 18.0 Å². The summed E-state index contributed by atoms with van der Waals surface area (Å²) in [6.07, 6.45) is 0.805. The second-order valence-electron chi connectivity index (χ2n) is 7.36. The number of aryl methyl sites for hydroxylation is 2. The normalized spacial score (nSPS) is 12.6. The van der Waals surface area contributed by atoms with Crippen molar-refractivity contribution in [3.05, 3.63) is 47.5 Å². The maximum Gasteiger partial charge on any atom is 0.265 e. The van der Waals surface area contributed by atoms with E-state index in [0.29, 0.717) is 29.4 Å². The maximum absolute atomic E-state index is 12.4. The lowest BCUT2D eigenvalue weighted by atomic mass is 10.1. The Morgan fingerprint density at radius 2 is 1.87 bits per heavy atom. The molecular weight excluding hydrogens is 398 g/mol. The molecule has 0 aromatic heterocycles. The molecule has 0 spiro atoms. The van der Waals surface area contributed by atoms with E-state index in [-0.39, 0.29) is 37.5 Å². The van der Waals surface area contributed by atoms with E-state index in [1.54, 1.807) is 18.2 Å². The van der Waals surface area contributed by atoms with Gasteiger partial charge >= 0.3 is 0 Å². The molecule has 2 aromatic rings. The maximum atomic E-state index is 12.4. The van der Waals surface area contributed by atoms with E-state index in [1.807, 2.05) is 39.0 Å². The van der Waals surface area contributed by atoms with E-state index in [2.05, 4.69) is 10.6 Å². The van der Waals surface area contributed by atoms with Gasteiger partial charge in [0.25, 0.3) is 11.8 Å². The Kier molecular flexibility index (Phi) is 7.12. The lowest BCUT2D eigenvalue weighted by Gasteiger charge is -2.29. The SMILES string of the molecule is CCCNC(=O)CN1C(=O)COc2ccc(NC(=O)COc3c(C)cccc3C)cc21. The van der Waals surface area contributed by atoms with Gasteiger partial charge in [0, 0.05) is 12.2 Å². The number of hydrogen-bond acceptors (Lipinski definition) is 5. The van der Waals surface area contributed by atoms with E-state index >= 15 is 0 Å². The van der Waals surface area contributed by atoms with Crippen molar-refractivity contribution in [2.24, 2.45) is 0 Å². The Morgan fingerprint density at radius 3 is 2.58 bits per heavy atom. The molecule has 1 aliphatic rings. The third-order valence-corrected chi connectivity index (χ3v) is 4.82. The average molecular weight is 425 g/mol. The second kappa shape index (κ2) is 9.97. The molecule has 3 rings (SSSR count). The Hall–Kier alpha value is -3.55. The van der Waals surface area contributed by atoms with Crippen LogP contribution in [0.4, 0.5) is 11.4 Å². The number of ether oxygens (including phenoxy) is 2. The fourth-order valence-electron chi connectivity index (χ4n) is 3.28. The smallest absolute Gasteiger partial charge is 0.265 e. The molecular formula is C23H27N3O5. The molecule has 31 heavy (non-hydrogen) atoms. The molecule has 1 heterocycles. The molecule has 0 saturated carbocycles. The first-order valence-electron chi connectivity index (χ1n) is 10.2. The average Bonchev–Trinajstić information content (AvgIpc) is 2.74. The quantitative estimate of drug-likeness (QED) is 0.678. The zero-order valence-corrected chi connectivity index (χ0v) is 18.0. The molecule has 0 radical (unpaired) electrons. The zero-order chi connectivity index (χ0) is 22.4. The van der Waals surface area contributed by atoms with Crippen molar-refractivity contribution in [1.82, 2.24) is 5.32 Å². The van der Waals surface area contributed by atoms with Gasteiger partial charge in [-0.15, -0.1) is 0 Å². The molecule has 1 aliphatic heterocycles. The monoisotopic (exact) mass is 425 g/mol. The summed E-state index contributed by atoms with van der Waals surface area (Å²) in [4.78, 5) is 38.2. The lowest BCUT2D eigenvalue weighted by molar-refractivity contribution is -0.125. The molecule has 2 N–H and O–H groups in total. The number of carbonyl (C=O) groups excluding carboxylic acids is 3. The minimum Gasteiger partial charge on any atom is -0.483 e. The van der Waals surface area contributed by atoms with E-state index in [4.69, 9.17) is 9.47 Å². The zero-order valence-electron chi connectivity index (χ0n) is 18.0. The second-order valence-corrected chi connectivity index (χ2v) is 7.36. The largest absolute Gasteiger partial charge is 0.483 e. The summed E-state index contributed by atoms with van der Waals surface area (Å²) < 4.78 is 11.1. The van der Waals surface area contributed by atoms with Gasteiger partial charge in [0.2, 0.25) is 5.91 Å². The van der Waals surface area contributed by atoms with Crippen molar-refractivity contribution >= 4 is 29.1 Å². The fraction of sp³-hybridized carbons (Fsp3) is 0.348. The first-order valence-corrected chi connectivity index (χ1v) is 10.2. The number of nitrogens with one attached hydrogen (secondary N) is 2. The molecule has 3 amide bonds. The lowest BCUT2D eigenvalue weighted by Crippen LogP contribution is -2.45. The Morgan fingerprint density at radius 1 is 1.13 bits per heavy atom. The summed E-state index contributed by atoms with van der Waals surface area (Å²) in [5.74, 6) is 0.261. The molecule has 0 bridgehead atoms. The van der Waals surface area contributed by atoms with Crippen LogP contribution in [0.5, 0.6) is 11.5 Å². The number of hydrogen-bond donors (Lipinski definition) is 2. The molecule has 0 unspecified atom stereocenters. The van der Waals surface area contributed by atoms with Gasteiger partial charge in [0.05, 0.1) is 5.69 Å². The topological polar surface area (TPSA) is 97.0 Å². The summed E-state index contributed by atoms with van der Waals surface area (Å²) in [6.45, 7) is 5.94. The highest BCUT2D eigenvalue weighted by Crippen LogP contribution is 2.34. The third-order valence-electron chi connectivity index (χ3n) is 4.82. The van der Waals surface area contributed by atoms with Crippen molar-refractivity contribution in [2.75, 3.05) is 36.5 Å². The Labute approximate surface area is 181 Å². The molecule has 0 atom stereocenters. The van der Waals surface area contributed by atoms with E-state index < -0.39 is 0 Å². The van der Waals surface area contributed by atoms with Crippen LogP contribution in [0.2, 0.25) is 0 Å². The highest BCUT2D eigenvalue weighted by atomic mass is 16.5. The van der Waals surface area contributed by atoms with E-state index in [0.717, 1.165) is 17.5 Å². The van der Waals surface area contributed by atoms with Crippen LogP contribution in [0.25, 0.3) is 0 Å². The summed E-state index contributed by atoms with van der Waals surface area (Å²) >= 11 is 0. The van der Waals surface area contributed by atoms with Gasteiger partial charge in [-0.05, 0) is 49.6 Å². The van der Waals surface area contributed by atoms with Gasteiger partial charge in [-0.2, -0.15) is 0 Å². The number of nitrogens with zero attached hydrogens (tertiary/aromatic N) is 1. The number of amides is 3. The number of anilines is 2. The van der Waals surface area contributed by atoms with Crippen LogP contribution in [0.1, 0.15) is 24.5 Å². The van der Waals surface area contributed by atoms with Crippen molar-refractivity contribution in [3.8, 4) is 11.5 Å². The van der Waals surface area contributed by atoms with Crippen molar-refractivity contribution < 1.29 is 23.9 Å². The van der Waals surface area contributed by atoms with Gasteiger partial charge in [0.15, 0.2) is 13.2 Å². The number of fused-ring (bicyclic) bond motifs is 1. The Bertz CT molecular complexity index is 969. The molecule has 0 aliphatic carbocycles. The molecule has 8 heteroatoms. The Balaban J connectivity index is 1.68. The van der Waals surface area contributed by atoms with Crippen LogP contribution in [-0.4, -0.2) is 44.0 Å². The predicted molar refractivity (Wildman–Crippen MR) is 118 cm³/mol. The van der Waals surface area contributed by atoms with E-state index in [1.165, 1.54) is 4.90 Å². The van der Waals surface area contributed by atoms with Crippen molar-refractivity contribution in [2.45, 2.75) is 27.2 Å². The van der Waals surface area contributed by atoms with E-state index in [9.17, 15) is 14.4 Å². The van der Waals surface area contributed by atoms with Crippen LogP contribution in [0.3, 0.4) is 0 Å². The number of carbonyl (C=O) groups is 3. The minimum atomic E-state index is -0.335. The predicted octanol–water partition coefficient (Wildman–Crippen LogP) is 2.57. The standard InChI is InChI=1S/C23H27N3O5/c1-4-10-24-20(27)12-26-18-11-17(8-9-19(18)30-14-22(26)29)25-21(28)13-31-23-15(2)6-5-7-16(23)3/h5-9,11H,4,10,12-14H2,1-3H3,(H,24,27)(H,25,28). The summed E-state index contributed by atoms with van der Waals surface area (Å²) in [5.41, 5.74) is 2.82. The molecule has 164 valence electrons. The number of rotatable bonds is 8. The molecule has 0 fully saturated rings. The fourth-order valence-corrected chi connectivity index (χ4v) is 3.28. The highest BCUT2D eigenvalue weighted by molar-refractivity contribution is 6.03. The van der Waals surface area contributed by atoms with Gasteiger partial charge in [-0.3, -0.25) is 19.3 Å². The van der Waals surface area contributed by atoms with Crippen LogP contribution in [-0.2, 0) is 14.4 Å². The van der Waals surface area contributed by atoms with Gasteiger partial charge in [-0.1, -0.05) is 25.1 Å². The highest BCUT2D eigenvalue weighted by Gasteiger charge is 2.27. The van der Waals surface area contributed by atoms with Crippen LogP contribution in [0.15, 0.2) is 36.4 Å². The molecule has 8 nitrogen and oxygen atoms in total. The number of benzene rings is 2. The molecule has 0 saturated heterocycles. The summed E-state index contributed by atoms with van der Waals surface area (Å²) in [6, 6.07) is 10.7. The number of para-hydroxylation sites is 1. The van der Waals surface area contributed by atoms with Crippen molar-refractivity contribution in [1.29, 1.82) is 0 Å². The summed E-state index contributed by atoms with van der Waals surface area (Å²) in [5, 5.41) is 5.53. The van der Waals surface area contributed by atoms with Crippen LogP contribution in [0, 0.1) is 13.8 Å². The first-order chi connectivity index (χ1) is 14.9. The van der Waals surface area contributed by atoms with Gasteiger partial charge in [-0.25, -0.2) is 0 Å². The minimum absolute atomic E-state index is 0.109. The van der Waals surface area contributed by atoms with Crippen LogP contribution >= 0.6 is 0 Å².